The van der Waals surface area contributed by atoms with E-state index >= 15 is 0 Å². The Morgan fingerprint density at radius 3 is 2.39 bits per heavy atom. The first-order valence-corrected chi connectivity index (χ1v) is 9.99. The van der Waals surface area contributed by atoms with Crippen LogP contribution in [0.5, 0.6) is 5.75 Å². The molecule has 0 saturated carbocycles. The number of carbonyl (C=O) groups excluding carboxylic acids is 1. The molecule has 3 aromatic rings. The first-order chi connectivity index (χ1) is 14.8. The zero-order valence-electron chi connectivity index (χ0n) is 17.4. The second-order valence-corrected chi connectivity index (χ2v) is 7.57. The summed E-state index contributed by atoms with van der Waals surface area (Å²) in [6.45, 7) is 5.83. The van der Waals surface area contributed by atoms with Crippen molar-refractivity contribution in [3.05, 3.63) is 75.6 Å². The first-order valence-electron chi connectivity index (χ1n) is 9.99. The Labute approximate surface area is 179 Å². The van der Waals surface area contributed by atoms with Crippen LogP contribution < -0.4 is 4.90 Å². The van der Waals surface area contributed by atoms with E-state index in [4.69, 9.17) is 0 Å². The van der Waals surface area contributed by atoms with Gasteiger partial charge in [-0.25, -0.2) is 4.68 Å². The summed E-state index contributed by atoms with van der Waals surface area (Å²) in [6.07, 6.45) is 0. The van der Waals surface area contributed by atoms with Crippen LogP contribution in [-0.2, 0) is 0 Å². The van der Waals surface area contributed by atoms with Gasteiger partial charge in [0.25, 0.3) is 11.6 Å². The molecule has 4 rings (SSSR count). The Balaban J connectivity index is 1.56. The number of aryl methyl sites for hydroxylation is 2. The second kappa shape index (κ2) is 8.10. The molecule has 1 saturated heterocycles. The van der Waals surface area contributed by atoms with Crippen molar-refractivity contribution in [3.63, 3.8) is 0 Å². The van der Waals surface area contributed by atoms with Gasteiger partial charge in [-0.15, -0.1) is 0 Å². The van der Waals surface area contributed by atoms with Gasteiger partial charge in [-0.3, -0.25) is 14.9 Å². The van der Waals surface area contributed by atoms with Crippen LogP contribution in [0.15, 0.2) is 48.5 Å². The minimum atomic E-state index is -0.404. The number of phenolic OH excluding ortho intramolecular Hbond substituents is 1. The number of anilines is 1. The van der Waals surface area contributed by atoms with Crippen molar-refractivity contribution in [3.8, 4) is 11.4 Å². The van der Waals surface area contributed by atoms with Gasteiger partial charge in [0.05, 0.1) is 16.2 Å². The van der Waals surface area contributed by atoms with Crippen LogP contribution in [0.2, 0.25) is 0 Å². The Morgan fingerprint density at radius 1 is 1.06 bits per heavy atom. The monoisotopic (exact) mass is 421 g/mol. The van der Waals surface area contributed by atoms with Gasteiger partial charge < -0.3 is 14.9 Å². The van der Waals surface area contributed by atoms with Crippen molar-refractivity contribution < 1.29 is 14.8 Å². The Bertz CT molecular complexity index is 1150. The van der Waals surface area contributed by atoms with Crippen molar-refractivity contribution in [1.82, 2.24) is 14.7 Å². The summed E-state index contributed by atoms with van der Waals surface area (Å²) in [5, 5.41) is 25.9. The molecule has 2 heterocycles. The number of nitrogens with zero attached hydrogens (tertiary/aromatic N) is 5. The molecule has 1 N–H and O–H groups in total. The number of phenols is 1. The highest BCUT2D eigenvalue weighted by Gasteiger charge is 2.26. The lowest BCUT2D eigenvalue weighted by Gasteiger charge is -2.36. The molecular weight excluding hydrogens is 398 g/mol. The number of amides is 1. The van der Waals surface area contributed by atoms with Gasteiger partial charge in [-0.1, -0.05) is 12.1 Å². The summed E-state index contributed by atoms with van der Waals surface area (Å²) >= 11 is 0. The number of hydrogen-bond donors (Lipinski definition) is 1. The van der Waals surface area contributed by atoms with Gasteiger partial charge in [0.1, 0.15) is 11.4 Å². The summed E-state index contributed by atoms with van der Waals surface area (Å²) in [4.78, 5) is 27.7. The fraction of sp³-hybridized carbons (Fsp3) is 0.273. The Morgan fingerprint density at radius 2 is 1.77 bits per heavy atom. The van der Waals surface area contributed by atoms with Crippen LogP contribution in [0.4, 0.5) is 11.4 Å². The number of aromatic hydroxyl groups is 1. The molecule has 0 atom stereocenters. The number of benzene rings is 2. The largest absolute Gasteiger partial charge is 0.507 e. The Hall–Kier alpha value is -3.88. The maximum absolute atomic E-state index is 12.7. The summed E-state index contributed by atoms with van der Waals surface area (Å²) in [5.41, 5.74) is 3.13. The molecule has 0 aliphatic carbocycles. The van der Waals surface area contributed by atoms with Crippen LogP contribution in [0.1, 0.15) is 21.7 Å². The van der Waals surface area contributed by atoms with Crippen molar-refractivity contribution in [2.75, 3.05) is 31.1 Å². The first kappa shape index (κ1) is 20.4. The van der Waals surface area contributed by atoms with Gasteiger partial charge >= 0.3 is 0 Å². The fourth-order valence-corrected chi connectivity index (χ4v) is 3.90. The molecule has 31 heavy (non-hydrogen) atoms. The molecule has 0 radical (unpaired) electrons. The van der Waals surface area contributed by atoms with Crippen molar-refractivity contribution in [1.29, 1.82) is 0 Å². The van der Waals surface area contributed by atoms with E-state index in [1.54, 1.807) is 39.9 Å². The standard InChI is InChI=1S/C22H23N5O4/c1-15-13-16(2)26(23-15)20-14-17(7-8-19(20)27(30)31)24-9-11-25(12-10-24)22(29)18-5-3-4-6-21(18)28/h3-8,13-14,28H,9-12H2,1-2H3. The summed E-state index contributed by atoms with van der Waals surface area (Å²) in [6, 6.07) is 13.4. The average Bonchev–Trinajstić information content (AvgIpc) is 3.11. The van der Waals surface area contributed by atoms with Crippen LogP contribution >= 0.6 is 0 Å². The zero-order chi connectivity index (χ0) is 22.1. The molecule has 1 fully saturated rings. The van der Waals surface area contributed by atoms with Crippen molar-refractivity contribution in [2.45, 2.75) is 13.8 Å². The summed E-state index contributed by atoms with van der Waals surface area (Å²) in [5.74, 6) is -0.232. The molecule has 0 unspecified atom stereocenters. The van der Waals surface area contributed by atoms with E-state index in [0.29, 0.717) is 31.9 Å². The number of carbonyl (C=O) groups is 1. The minimum Gasteiger partial charge on any atom is -0.507 e. The second-order valence-electron chi connectivity index (χ2n) is 7.57. The zero-order valence-corrected chi connectivity index (χ0v) is 17.4. The highest BCUT2D eigenvalue weighted by molar-refractivity contribution is 5.97. The SMILES string of the molecule is Cc1cc(C)n(-c2cc(N3CCN(C(=O)c4ccccc4O)CC3)ccc2[N+](=O)[O-])n1. The van der Waals surface area contributed by atoms with E-state index in [9.17, 15) is 20.0 Å². The highest BCUT2D eigenvalue weighted by Crippen LogP contribution is 2.30. The van der Waals surface area contributed by atoms with Crippen molar-refractivity contribution in [2.24, 2.45) is 0 Å². The van der Waals surface area contributed by atoms with Gasteiger partial charge in [0.2, 0.25) is 0 Å². The van der Waals surface area contributed by atoms with E-state index in [1.807, 2.05) is 19.9 Å². The quantitative estimate of drug-likeness (QED) is 0.513. The lowest BCUT2D eigenvalue weighted by atomic mass is 10.1. The van der Waals surface area contributed by atoms with E-state index in [2.05, 4.69) is 10.00 Å². The third-order valence-corrected chi connectivity index (χ3v) is 5.46. The minimum absolute atomic E-state index is 0.0108. The van der Waals surface area contributed by atoms with E-state index in [-0.39, 0.29) is 22.9 Å². The molecule has 1 aliphatic heterocycles. The predicted molar refractivity (Wildman–Crippen MR) is 116 cm³/mol. The van der Waals surface area contributed by atoms with Gasteiger partial charge in [-0.2, -0.15) is 5.10 Å². The normalized spacial score (nSPS) is 14.0. The molecule has 1 aromatic heterocycles. The summed E-state index contributed by atoms with van der Waals surface area (Å²) < 4.78 is 1.59. The van der Waals surface area contributed by atoms with Gasteiger partial charge in [0, 0.05) is 43.6 Å². The lowest BCUT2D eigenvalue weighted by molar-refractivity contribution is -0.384. The maximum atomic E-state index is 12.7. The molecule has 0 spiro atoms. The molecule has 1 aliphatic rings. The van der Waals surface area contributed by atoms with Gasteiger partial charge in [-0.05, 0) is 44.2 Å². The number of nitro benzene ring substituents is 1. The number of hydrogen-bond acceptors (Lipinski definition) is 6. The van der Waals surface area contributed by atoms with E-state index in [0.717, 1.165) is 17.1 Å². The van der Waals surface area contributed by atoms with Crippen LogP contribution in [0, 0.1) is 24.0 Å². The molecular formula is C22H23N5O4. The average molecular weight is 421 g/mol. The van der Waals surface area contributed by atoms with Crippen molar-refractivity contribution >= 4 is 17.3 Å². The molecule has 9 heteroatoms. The third kappa shape index (κ3) is 3.94. The molecule has 2 aromatic carbocycles. The van der Waals surface area contributed by atoms with E-state index in [1.165, 1.54) is 12.1 Å². The Kier molecular flexibility index (Phi) is 5.33. The fourth-order valence-electron chi connectivity index (χ4n) is 3.90. The molecule has 1 amide bonds. The predicted octanol–water partition coefficient (Wildman–Crippen LogP) is 3.07. The maximum Gasteiger partial charge on any atom is 0.295 e. The topological polar surface area (TPSA) is 105 Å². The molecule has 0 bridgehead atoms. The smallest absolute Gasteiger partial charge is 0.295 e. The van der Waals surface area contributed by atoms with Gasteiger partial charge in [0.15, 0.2) is 0 Å². The molecule has 9 nitrogen and oxygen atoms in total. The highest BCUT2D eigenvalue weighted by atomic mass is 16.6. The van der Waals surface area contributed by atoms with Crippen LogP contribution in [0.3, 0.4) is 0 Å². The lowest BCUT2D eigenvalue weighted by Crippen LogP contribution is -2.48. The molecule has 160 valence electrons. The number of aromatic nitrogens is 2. The number of nitro groups is 1. The number of piperazine rings is 1. The summed E-state index contributed by atoms with van der Waals surface area (Å²) in [7, 11) is 0. The van der Waals surface area contributed by atoms with E-state index < -0.39 is 4.92 Å². The van der Waals surface area contributed by atoms with Crippen LogP contribution in [-0.4, -0.2) is 56.8 Å². The third-order valence-electron chi connectivity index (χ3n) is 5.46. The number of para-hydroxylation sites is 1. The number of rotatable bonds is 4. The van der Waals surface area contributed by atoms with Crippen LogP contribution in [0.25, 0.3) is 5.69 Å².